The third kappa shape index (κ3) is 6.19. The van der Waals surface area contributed by atoms with Gasteiger partial charge in [0.15, 0.2) is 0 Å². The number of carboxylic acids is 1. The molecule has 20 heavy (non-hydrogen) atoms. The number of nitrogens with one attached hydrogen (secondary N) is 1. The van der Waals surface area contributed by atoms with E-state index in [0.717, 1.165) is 38.5 Å². The SMILES string of the molecule is C=CCCCCCC[C@@H](NC(=O)[C@H]1CCCO1)C(=O)O. The van der Waals surface area contributed by atoms with E-state index in [1.165, 1.54) is 0 Å². The molecule has 114 valence electrons. The molecule has 2 atom stereocenters. The van der Waals surface area contributed by atoms with Gasteiger partial charge in [0.2, 0.25) is 5.91 Å². The van der Waals surface area contributed by atoms with Gasteiger partial charge in [0.25, 0.3) is 0 Å². The Hall–Kier alpha value is -1.36. The maximum Gasteiger partial charge on any atom is 0.326 e. The van der Waals surface area contributed by atoms with Gasteiger partial charge in [-0.2, -0.15) is 0 Å². The molecule has 1 rings (SSSR count). The van der Waals surface area contributed by atoms with Crippen molar-refractivity contribution >= 4 is 11.9 Å². The van der Waals surface area contributed by atoms with Crippen LogP contribution in [0, 0.1) is 0 Å². The number of hydrogen-bond donors (Lipinski definition) is 2. The third-order valence-electron chi connectivity index (χ3n) is 3.49. The monoisotopic (exact) mass is 283 g/mol. The highest BCUT2D eigenvalue weighted by Gasteiger charge is 2.27. The normalized spacial score (nSPS) is 19.5. The van der Waals surface area contributed by atoms with E-state index in [1.807, 2.05) is 6.08 Å². The number of carbonyl (C=O) groups is 2. The number of allylic oxidation sites excluding steroid dienone is 1. The van der Waals surface area contributed by atoms with E-state index in [2.05, 4.69) is 11.9 Å². The van der Waals surface area contributed by atoms with Gasteiger partial charge in [0, 0.05) is 6.61 Å². The van der Waals surface area contributed by atoms with Crippen LogP contribution in [0.5, 0.6) is 0 Å². The highest BCUT2D eigenvalue weighted by molar-refractivity contribution is 5.86. The molecule has 5 nitrogen and oxygen atoms in total. The number of rotatable bonds is 10. The maximum absolute atomic E-state index is 11.8. The smallest absolute Gasteiger partial charge is 0.326 e. The lowest BCUT2D eigenvalue weighted by Crippen LogP contribution is -2.45. The molecular formula is C15H25NO4. The zero-order valence-electron chi connectivity index (χ0n) is 12.0. The Kier molecular flexibility index (Phi) is 7.95. The van der Waals surface area contributed by atoms with Crippen molar-refractivity contribution in [1.29, 1.82) is 0 Å². The average Bonchev–Trinajstić information content (AvgIpc) is 2.95. The highest BCUT2D eigenvalue weighted by Crippen LogP contribution is 2.13. The van der Waals surface area contributed by atoms with Crippen LogP contribution < -0.4 is 5.32 Å². The van der Waals surface area contributed by atoms with Crippen molar-refractivity contribution in [2.24, 2.45) is 0 Å². The van der Waals surface area contributed by atoms with Crippen molar-refractivity contribution < 1.29 is 19.4 Å². The Bertz CT molecular complexity index is 324. The fourth-order valence-corrected chi connectivity index (χ4v) is 2.30. The van der Waals surface area contributed by atoms with Crippen LogP contribution >= 0.6 is 0 Å². The lowest BCUT2D eigenvalue weighted by Gasteiger charge is -2.17. The first-order valence-corrected chi connectivity index (χ1v) is 7.41. The fourth-order valence-electron chi connectivity index (χ4n) is 2.30. The van der Waals surface area contributed by atoms with Crippen LogP contribution in [-0.4, -0.2) is 35.7 Å². The molecule has 0 aliphatic carbocycles. The molecule has 0 saturated carbocycles. The van der Waals surface area contributed by atoms with Crippen LogP contribution in [0.15, 0.2) is 12.7 Å². The van der Waals surface area contributed by atoms with Crippen LogP contribution in [0.1, 0.15) is 51.4 Å². The second-order valence-corrected chi connectivity index (χ2v) is 5.18. The molecule has 0 aromatic carbocycles. The van der Waals surface area contributed by atoms with Gasteiger partial charge in [-0.1, -0.05) is 25.3 Å². The van der Waals surface area contributed by atoms with Crippen LogP contribution in [0.25, 0.3) is 0 Å². The summed E-state index contributed by atoms with van der Waals surface area (Å²) in [6.07, 6.45) is 8.37. The standard InChI is InChI=1S/C15H25NO4/c1-2-3-4-5-6-7-9-12(15(18)19)16-14(17)13-10-8-11-20-13/h2,12-13H,1,3-11H2,(H,16,17)(H,18,19)/t12-,13-/m1/s1. The maximum atomic E-state index is 11.8. The van der Waals surface area contributed by atoms with Crippen molar-refractivity contribution in [3.63, 3.8) is 0 Å². The Morgan fingerprint density at radius 3 is 2.70 bits per heavy atom. The molecule has 2 N–H and O–H groups in total. The van der Waals surface area contributed by atoms with Crippen LogP contribution in [0.2, 0.25) is 0 Å². The Morgan fingerprint density at radius 2 is 2.10 bits per heavy atom. The number of hydrogen-bond acceptors (Lipinski definition) is 3. The Balaban J connectivity index is 2.23. The molecule has 0 bridgehead atoms. The molecule has 0 radical (unpaired) electrons. The molecule has 1 saturated heterocycles. The van der Waals surface area contributed by atoms with E-state index in [9.17, 15) is 9.59 Å². The first kappa shape index (κ1) is 16.7. The molecule has 0 aromatic heterocycles. The summed E-state index contributed by atoms with van der Waals surface area (Å²) in [5.41, 5.74) is 0. The topological polar surface area (TPSA) is 75.6 Å². The van der Waals surface area contributed by atoms with Gasteiger partial charge in [-0.25, -0.2) is 4.79 Å². The molecule has 1 amide bonds. The van der Waals surface area contributed by atoms with Crippen LogP contribution in [0.3, 0.4) is 0 Å². The number of ether oxygens (including phenoxy) is 1. The van der Waals surface area contributed by atoms with Gasteiger partial charge in [0.05, 0.1) is 0 Å². The summed E-state index contributed by atoms with van der Waals surface area (Å²) in [6, 6.07) is -0.800. The number of carboxylic acid groups (broad SMARTS) is 1. The third-order valence-corrected chi connectivity index (χ3v) is 3.49. The molecule has 1 fully saturated rings. The average molecular weight is 283 g/mol. The number of amides is 1. The van der Waals surface area contributed by atoms with Gasteiger partial charge < -0.3 is 15.2 Å². The number of unbranched alkanes of at least 4 members (excludes halogenated alkanes) is 4. The molecular weight excluding hydrogens is 258 g/mol. The van der Waals surface area contributed by atoms with Gasteiger partial charge in [-0.3, -0.25) is 4.79 Å². The summed E-state index contributed by atoms with van der Waals surface area (Å²) in [5, 5.41) is 11.7. The van der Waals surface area contributed by atoms with E-state index in [4.69, 9.17) is 9.84 Å². The largest absolute Gasteiger partial charge is 0.480 e. The minimum Gasteiger partial charge on any atom is -0.480 e. The van der Waals surface area contributed by atoms with Gasteiger partial charge >= 0.3 is 5.97 Å². The van der Waals surface area contributed by atoms with Crippen molar-refractivity contribution in [2.75, 3.05) is 6.61 Å². The molecule has 1 aliphatic rings. The summed E-state index contributed by atoms with van der Waals surface area (Å²) >= 11 is 0. The van der Waals surface area contributed by atoms with Gasteiger partial charge in [-0.15, -0.1) is 6.58 Å². The minimum absolute atomic E-state index is 0.290. The minimum atomic E-state index is -0.970. The molecule has 0 aromatic rings. The summed E-state index contributed by atoms with van der Waals surface area (Å²) < 4.78 is 5.25. The zero-order chi connectivity index (χ0) is 14.8. The lowest BCUT2D eigenvalue weighted by atomic mass is 10.1. The van der Waals surface area contributed by atoms with Crippen molar-refractivity contribution in [1.82, 2.24) is 5.32 Å². The molecule has 5 heteroatoms. The first-order chi connectivity index (χ1) is 9.65. The highest BCUT2D eigenvalue weighted by atomic mass is 16.5. The second-order valence-electron chi connectivity index (χ2n) is 5.18. The quantitative estimate of drug-likeness (QED) is 0.476. The van der Waals surface area contributed by atoms with Crippen molar-refractivity contribution in [2.45, 2.75) is 63.5 Å². The number of aliphatic carboxylic acids is 1. The predicted octanol–water partition coefficient (Wildman–Crippen LogP) is 2.26. The van der Waals surface area contributed by atoms with Crippen molar-refractivity contribution in [3.05, 3.63) is 12.7 Å². The zero-order valence-corrected chi connectivity index (χ0v) is 12.0. The first-order valence-electron chi connectivity index (χ1n) is 7.41. The molecule has 1 aliphatic heterocycles. The Labute approximate surface area is 120 Å². The van der Waals surface area contributed by atoms with Crippen LogP contribution in [-0.2, 0) is 14.3 Å². The lowest BCUT2D eigenvalue weighted by molar-refractivity contribution is -0.143. The number of carbonyl (C=O) groups excluding carboxylic acids is 1. The Morgan fingerprint density at radius 1 is 1.35 bits per heavy atom. The fraction of sp³-hybridized carbons (Fsp3) is 0.733. The van der Waals surface area contributed by atoms with Crippen LogP contribution in [0.4, 0.5) is 0 Å². The van der Waals surface area contributed by atoms with E-state index >= 15 is 0 Å². The van der Waals surface area contributed by atoms with E-state index < -0.39 is 18.1 Å². The summed E-state index contributed by atoms with van der Waals surface area (Å²) in [7, 11) is 0. The van der Waals surface area contributed by atoms with E-state index in [1.54, 1.807) is 0 Å². The predicted molar refractivity (Wildman–Crippen MR) is 76.4 cm³/mol. The molecule has 1 heterocycles. The van der Waals surface area contributed by atoms with Gasteiger partial charge in [-0.05, 0) is 32.1 Å². The molecule has 0 spiro atoms. The molecule has 0 unspecified atom stereocenters. The van der Waals surface area contributed by atoms with Crippen molar-refractivity contribution in [3.8, 4) is 0 Å². The summed E-state index contributed by atoms with van der Waals surface area (Å²) in [6.45, 7) is 4.25. The second kappa shape index (κ2) is 9.53. The summed E-state index contributed by atoms with van der Waals surface area (Å²) in [4.78, 5) is 23.0. The van der Waals surface area contributed by atoms with E-state index in [-0.39, 0.29) is 5.91 Å². The van der Waals surface area contributed by atoms with E-state index in [0.29, 0.717) is 19.4 Å². The summed E-state index contributed by atoms with van der Waals surface area (Å²) in [5.74, 6) is -1.26. The van der Waals surface area contributed by atoms with Gasteiger partial charge in [0.1, 0.15) is 12.1 Å².